The summed E-state index contributed by atoms with van der Waals surface area (Å²) in [5.41, 5.74) is 7.56. The molecule has 0 radical (unpaired) electrons. The normalized spacial score (nSPS) is 10.8. The molecule has 2 aromatic rings. The molecule has 0 fully saturated rings. The molecule has 1 aromatic heterocycles. The van der Waals surface area contributed by atoms with Gasteiger partial charge in [-0.25, -0.2) is 4.39 Å². The van der Waals surface area contributed by atoms with Crippen LogP contribution in [-0.4, -0.2) is 0 Å². The van der Waals surface area contributed by atoms with Crippen LogP contribution in [0, 0.1) is 12.7 Å². The molecule has 2 N–H and O–H groups in total. The maximum atomic E-state index is 13.2. The molecular formula is C13H14FNOS. The lowest BCUT2D eigenvalue weighted by Crippen LogP contribution is -2.01. The van der Waals surface area contributed by atoms with E-state index in [9.17, 15) is 4.39 Å². The first-order chi connectivity index (χ1) is 8.20. The van der Waals surface area contributed by atoms with Crippen molar-refractivity contribution in [2.75, 3.05) is 0 Å². The summed E-state index contributed by atoms with van der Waals surface area (Å²) in [6.45, 7) is 2.35. The van der Waals surface area contributed by atoms with Gasteiger partial charge in [0.2, 0.25) is 0 Å². The maximum absolute atomic E-state index is 13.2. The topological polar surface area (TPSA) is 39.2 Å². The Hall–Kier alpha value is -1.26. The van der Waals surface area contributed by atoms with E-state index in [-0.39, 0.29) is 5.82 Å². The third kappa shape index (κ3) is 2.90. The lowest BCUT2D eigenvalue weighted by molar-refractivity contribution is 0.527. The van der Waals surface area contributed by atoms with Crippen molar-refractivity contribution in [1.82, 2.24) is 0 Å². The number of nitrogens with two attached hydrogens (primary N) is 1. The molecule has 0 bridgehead atoms. The summed E-state index contributed by atoms with van der Waals surface area (Å²) in [6, 6.07) is 6.65. The smallest absolute Gasteiger partial charge is 0.123 e. The Bertz CT molecular complexity index is 510. The van der Waals surface area contributed by atoms with Gasteiger partial charge in [-0.1, -0.05) is 6.07 Å². The van der Waals surface area contributed by atoms with Crippen LogP contribution in [0.15, 0.2) is 39.8 Å². The minimum Gasteiger partial charge on any atom is -0.468 e. The molecular weight excluding hydrogens is 237 g/mol. The Balaban J connectivity index is 2.13. The summed E-state index contributed by atoms with van der Waals surface area (Å²) in [5, 5.41) is 0. The standard InChI is InChI=1S/C13H14FNOS/c1-9-13(4-5-16-9)17-8-11-6-12(14)3-2-10(11)7-15/h2-6H,7-8,15H2,1H3. The first-order valence-electron chi connectivity index (χ1n) is 5.35. The van der Waals surface area contributed by atoms with Gasteiger partial charge in [-0.15, -0.1) is 11.8 Å². The average Bonchev–Trinajstić information content (AvgIpc) is 2.72. The molecule has 0 aliphatic heterocycles. The van der Waals surface area contributed by atoms with Crippen molar-refractivity contribution in [3.8, 4) is 0 Å². The second-order valence-electron chi connectivity index (χ2n) is 3.75. The zero-order chi connectivity index (χ0) is 12.3. The second kappa shape index (κ2) is 5.38. The van der Waals surface area contributed by atoms with E-state index in [2.05, 4.69) is 0 Å². The van der Waals surface area contributed by atoms with Crippen molar-refractivity contribution in [2.45, 2.75) is 24.1 Å². The molecule has 0 amide bonds. The summed E-state index contributed by atoms with van der Waals surface area (Å²) in [5.74, 6) is 1.37. The number of halogens is 1. The highest BCUT2D eigenvalue weighted by atomic mass is 32.2. The Morgan fingerprint density at radius 1 is 1.29 bits per heavy atom. The summed E-state index contributed by atoms with van der Waals surface area (Å²) < 4.78 is 18.4. The van der Waals surface area contributed by atoms with Gasteiger partial charge in [0.25, 0.3) is 0 Å². The van der Waals surface area contributed by atoms with Crippen molar-refractivity contribution < 1.29 is 8.81 Å². The van der Waals surface area contributed by atoms with Crippen LogP contribution in [0.5, 0.6) is 0 Å². The molecule has 17 heavy (non-hydrogen) atoms. The Morgan fingerprint density at radius 2 is 2.12 bits per heavy atom. The van der Waals surface area contributed by atoms with E-state index in [0.717, 1.165) is 21.8 Å². The fraction of sp³-hybridized carbons (Fsp3) is 0.231. The predicted molar refractivity (Wildman–Crippen MR) is 67.3 cm³/mol. The van der Waals surface area contributed by atoms with Crippen molar-refractivity contribution in [1.29, 1.82) is 0 Å². The molecule has 2 nitrogen and oxygen atoms in total. The lowest BCUT2D eigenvalue weighted by Gasteiger charge is -2.07. The van der Waals surface area contributed by atoms with Crippen LogP contribution in [0.25, 0.3) is 0 Å². The minimum atomic E-state index is -0.221. The molecule has 4 heteroatoms. The average molecular weight is 251 g/mol. The van der Waals surface area contributed by atoms with Gasteiger partial charge < -0.3 is 10.2 Å². The molecule has 0 saturated heterocycles. The Kier molecular flexibility index (Phi) is 3.86. The van der Waals surface area contributed by atoms with E-state index in [1.54, 1.807) is 30.2 Å². The van der Waals surface area contributed by atoms with Crippen LogP contribution < -0.4 is 5.73 Å². The summed E-state index contributed by atoms with van der Waals surface area (Å²) in [4.78, 5) is 1.08. The van der Waals surface area contributed by atoms with Gasteiger partial charge in [0.1, 0.15) is 11.6 Å². The highest BCUT2D eigenvalue weighted by molar-refractivity contribution is 7.98. The number of thioether (sulfide) groups is 1. The summed E-state index contributed by atoms with van der Waals surface area (Å²) >= 11 is 1.63. The molecule has 0 spiro atoms. The van der Waals surface area contributed by atoms with E-state index >= 15 is 0 Å². The highest BCUT2D eigenvalue weighted by Crippen LogP contribution is 2.28. The largest absolute Gasteiger partial charge is 0.468 e. The van der Waals surface area contributed by atoms with Gasteiger partial charge >= 0.3 is 0 Å². The van der Waals surface area contributed by atoms with E-state index in [1.165, 1.54) is 6.07 Å². The first-order valence-corrected chi connectivity index (χ1v) is 6.33. The van der Waals surface area contributed by atoms with Gasteiger partial charge in [-0.05, 0) is 36.2 Å². The van der Waals surface area contributed by atoms with Gasteiger partial charge in [-0.3, -0.25) is 0 Å². The van der Waals surface area contributed by atoms with Crippen molar-refractivity contribution in [3.05, 3.63) is 53.2 Å². The molecule has 0 aliphatic rings. The maximum Gasteiger partial charge on any atom is 0.123 e. The zero-order valence-electron chi connectivity index (χ0n) is 9.57. The summed E-state index contributed by atoms with van der Waals surface area (Å²) in [7, 11) is 0. The number of hydrogen-bond acceptors (Lipinski definition) is 3. The summed E-state index contributed by atoms with van der Waals surface area (Å²) in [6.07, 6.45) is 1.66. The SMILES string of the molecule is Cc1occc1SCc1cc(F)ccc1CN. The van der Waals surface area contributed by atoms with Crippen LogP contribution >= 0.6 is 11.8 Å². The lowest BCUT2D eigenvalue weighted by atomic mass is 10.1. The highest BCUT2D eigenvalue weighted by Gasteiger charge is 2.06. The van der Waals surface area contributed by atoms with E-state index in [4.69, 9.17) is 10.2 Å². The van der Waals surface area contributed by atoms with Crippen LogP contribution in [0.1, 0.15) is 16.9 Å². The quantitative estimate of drug-likeness (QED) is 0.846. The van der Waals surface area contributed by atoms with Crippen molar-refractivity contribution >= 4 is 11.8 Å². The monoisotopic (exact) mass is 251 g/mol. The number of rotatable bonds is 4. The van der Waals surface area contributed by atoms with Crippen molar-refractivity contribution in [3.63, 3.8) is 0 Å². The van der Waals surface area contributed by atoms with Gasteiger partial charge in [0.15, 0.2) is 0 Å². The van der Waals surface area contributed by atoms with E-state index in [0.29, 0.717) is 12.3 Å². The Labute approximate surface area is 104 Å². The number of benzene rings is 1. The van der Waals surface area contributed by atoms with E-state index < -0.39 is 0 Å². The van der Waals surface area contributed by atoms with Crippen LogP contribution in [-0.2, 0) is 12.3 Å². The van der Waals surface area contributed by atoms with Crippen LogP contribution in [0.4, 0.5) is 4.39 Å². The minimum absolute atomic E-state index is 0.221. The second-order valence-corrected chi connectivity index (χ2v) is 4.76. The molecule has 90 valence electrons. The molecule has 0 unspecified atom stereocenters. The molecule has 0 saturated carbocycles. The molecule has 1 heterocycles. The zero-order valence-corrected chi connectivity index (χ0v) is 10.4. The third-order valence-electron chi connectivity index (χ3n) is 2.58. The molecule has 0 atom stereocenters. The third-order valence-corrected chi connectivity index (χ3v) is 3.77. The van der Waals surface area contributed by atoms with Gasteiger partial charge in [0.05, 0.1) is 6.26 Å². The number of hydrogen-bond donors (Lipinski definition) is 1. The predicted octanol–water partition coefficient (Wildman–Crippen LogP) is 3.48. The van der Waals surface area contributed by atoms with Crippen molar-refractivity contribution in [2.24, 2.45) is 5.73 Å². The number of aryl methyl sites for hydroxylation is 1. The van der Waals surface area contributed by atoms with Gasteiger partial charge in [-0.2, -0.15) is 0 Å². The number of furan rings is 1. The fourth-order valence-electron chi connectivity index (χ4n) is 1.61. The first kappa shape index (κ1) is 12.2. The molecule has 2 rings (SSSR count). The Morgan fingerprint density at radius 3 is 2.76 bits per heavy atom. The van der Waals surface area contributed by atoms with Gasteiger partial charge in [0, 0.05) is 17.2 Å². The van der Waals surface area contributed by atoms with Crippen LogP contribution in [0.3, 0.4) is 0 Å². The molecule has 1 aromatic carbocycles. The molecule has 0 aliphatic carbocycles. The fourth-order valence-corrected chi connectivity index (χ4v) is 2.59. The van der Waals surface area contributed by atoms with E-state index in [1.807, 2.05) is 13.0 Å². The van der Waals surface area contributed by atoms with Crippen LogP contribution in [0.2, 0.25) is 0 Å².